The number of nitrogens with zero attached hydrogens (tertiary/aromatic N) is 2. The van der Waals surface area contributed by atoms with Crippen molar-refractivity contribution in [2.45, 2.75) is 25.5 Å². The van der Waals surface area contributed by atoms with Gasteiger partial charge in [0, 0.05) is 57.5 Å². The molecule has 2 fully saturated rings. The van der Waals surface area contributed by atoms with Crippen molar-refractivity contribution in [1.29, 1.82) is 0 Å². The number of benzene rings is 1. The van der Waals surface area contributed by atoms with Crippen molar-refractivity contribution in [1.82, 2.24) is 14.8 Å². The minimum Gasteiger partial charge on any atom is -0.497 e. The number of methoxy groups -OCH3 is 1. The molecule has 0 aliphatic carbocycles. The maximum atomic E-state index is 12.5. The topological polar surface area (TPSA) is 57.8 Å². The van der Waals surface area contributed by atoms with Crippen molar-refractivity contribution in [3.05, 3.63) is 40.2 Å². The van der Waals surface area contributed by atoms with Gasteiger partial charge in [0.25, 0.3) is 5.56 Å². The lowest BCUT2D eigenvalue weighted by molar-refractivity contribution is 0.0489. The second-order valence-electron chi connectivity index (χ2n) is 7.29. The van der Waals surface area contributed by atoms with E-state index < -0.39 is 0 Å². The van der Waals surface area contributed by atoms with Gasteiger partial charge in [0.1, 0.15) is 5.75 Å². The van der Waals surface area contributed by atoms with E-state index in [0.717, 1.165) is 61.5 Å². The standard InChI is InChI=1S/C20H27N3O3/c1-25-17-5-4-15-11-16(20(24)21-19(15)12-17)13-22-6-8-23(9-7-22)14-18-3-2-10-26-18/h4-5,11-12,18H,2-3,6-10,13-14H2,1H3,(H,21,24)/t18-/m1/s1. The van der Waals surface area contributed by atoms with Gasteiger partial charge in [0.15, 0.2) is 0 Å². The number of rotatable bonds is 5. The SMILES string of the molecule is COc1ccc2cc(CN3CCN(C[C@H]4CCCO4)CC3)c(=O)[nH]c2c1. The molecule has 0 amide bonds. The summed E-state index contributed by atoms with van der Waals surface area (Å²) in [7, 11) is 1.63. The van der Waals surface area contributed by atoms with Crippen LogP contribution in [0.25, 0.3) is 10.9 Å². The molecule has 0 unspecified atom stereocenters. The van der Waals surface area contributed by atoms with Crippen molar-refractivity contribution >= 4 is 10.9 Å². The van der Waals surface area contributed by atoms with E-state index >= 15 is 0 Å². The number of aromatic nitrogens is 1. The predicted molar refractivity (Wildman–Crippen MR) is 102 cm³/mol. The molecule has 2 aromatic rings. The zero-order valence-corrected chi connectivity index (χ0v) is 15.4. The molecule has 1 aromatic heterocycles. The molecule has 3 heterocycles. The molecular weight excluding hydrogens is 330 g/mol. The molecule has 2 saturated heterocycles. The van der Waals surface area contributed by atoms with Gasteiger partial charge in [-0.3, -0.25) is 14.6 Å². The molecule has 140 valence electrons. The van der Waals surface area contributed by atoms with E-state index in [2.05, 4.69) is 14.8 Å². The second-order valence-corrected chi connectivity index (χ2v) is 7.29. The van der Waals surface area contributed by atoms with Gasteiger partial charge in [-0.15, -0.1) is 0 Å². The summed E-state index contributed by atoms with van der Waals surface area (Å²) in [6, 6.07) is 7.79. The third kappa shape index (κ3) is 3.92. The molecule has 0 saturated carbocycles. The Bertz CT molecular complexity index is 806. The summed E-state index contributed by atoms with van der Waals surface area (Å²) in [6.45, 7) is 6.74. The third-order valence-corrected chi connectivity index (χ3v) is 5.47. The molecule has 26 heavy (non-hydrogen) atoms. The van der Waals surface area contributed by atoms with E-state index in [1.165, 1.54) is 12.8 Å². The molecule has 2 aliphatic heterocycles. The molecule has 6 nitrogen and oxygen atoms in total. The van der Waals surface area contributed by atoms with Crippen LogP contribution in [0.15, 0.2) is 29.1 Å². The summed E-state index contributed by atoms with van der Waals surface area (Å²) in [5.74, 6) is 0.753. The van der Waals surface area contributed by atoms with Crippen LogP contribution < -0.4 is 10.3 Å². The number of hydrogen-bond acceptors (Lipinski definition) is 5. The molecule has 0 bridgehead atoms. The Morgan fingerprint density at radius 3 is 2.73 bits per heavy atom. The van der Waals surface area contributed by atoms with Crippen LogP contribution in [-0.2, 0) is 11.3 Å². The van der Waals surface area contributed by atoms with E-state index in [9.17, 15) is 4.79 Å². The predicted octanol–water partition coefficient (Wildman–Crippen LogP) is 1.83. The molecule has 1 atom stereocenters. The first-order chi connectivity index (χ1) is 12.7. The van der Waals surface area contributed by atoms with Crippen molar-refractivity contribution in [2.24, 2.45) is 0 Å². The highest BCUT2D eigenvalue weighted by atomic mass is 16.5. The maximum Gasteiger partial charge on any atom is 0.252 e. The van der Waals surface area contributed by atoms with Gasteiger partial charge >= 0.3 is 0 Å². The van der Waals surface area contributed by atoms with Gasteiger partial charge in [-0.05, 0) is 36.4 Å². The van der Waals surface area contributed by atoms with Crippen LogP contribution in [0.3, 0.4) is 0 Å². The molecule has 6 heteroatoms. The van der Waals surface area contributed by atoms with Crippen molar-refractivity contribution in [3.63, 3.8) is 0 Å². The van der Waals surface area contributed by atoms with Gasteiger partial charge in [0.05, 0.1) is 18.7 Å². The van der Waals surface area contributed by atoms with E-state index in [4.69, 9.17) is 9.47 Å². The zero-order chi connectivity index (χ0) is 17.9. The highest BCUT2D eigenvalue weighted by Gasteiger charge is 2.23. The van der Waals surface area contributed by atoms with Gasteiger partial charge in [-0.1, -0.05) is 0 Å². The van der Waals surface area contributed by atoms with Crippen LogP contribution in [0.4, 0.5) is 0 Å². The van der Waals surface area contributed by atoms with Crippen molar-refractivity contribution in [3.8, 4) is 5.75 Å². The zero-order valence-electron chi connectivity index (χ0n) is 15.4. The third-order valence-electron chi connectivity index (χ3n) is 5.47. The second kappa shape index (κ2) is 7.78. The summed E-state index contributed by atoms with van der Waals surface area (Å²) in [6.07, 6.45) is 2.81. The van der Waals surface area contributed by atoms with E-state index in [1.807, 2.05) is 24.3 Å². The fraction of sp³-hybridized carbons (Fsp3) is 0.550. The fourth-order valence-electron chi connectivity index (χ4n) is 3.92. The van der Waals surface area contributed by atoms with Crippen LogP contribution in [0.5, 0.6) is 5.75 Å². The number of nitrogens with one attached hydrogen (secondary N) is 1. The molecule has 1 N–H and O–H groups in total. The average molecular weight is 357 g/mol. The van der Waals surface area contributed by atoms with Crippen LogP contribution >= 0.6 is 0 Å². The van der Waals surface area contributed by atoms with Crippen LogP contribution in [0, 0.1) is 0 Å². The molecule has 0 radical (unpaired) electrons. The molecular formula is C20H27N3O3. The van der Waals surface area contributed by atoms with Gasteiger partial charge in [0.2, 0.25) is 0 Å². The number of pyridine rings is 1. The fourth-order valence-corrected chi connectivity index (χ4v) is 3.92. The highest BCUT2D eigenvalue weighted by molar-refractivity contribution is 5.80. The van der Waals surface area contributed by atoms with E-state index in [-0.39, 0.29) is 5.56 Å². The van der Waals surface area contributed by atoms with Crippen LogP contribution in [0.1, 0.15) is 18.4 Å². The summed E-state index contributed by atoms with van der Waals surface area (Å²) in [4.78, 5) is 20.3. The summed E-state index contributed by atoms with van der Waals surface area (Å²) >= 11 is 0. The highest BCUT2D eigenvalue weighted by Crippen LogP contribution is 2.19. The Morgan fingerprint density at radius 2 is 2.00 bits per heavy atom. The Hall–Kier alpha value is -1.89. The summed E-state index contributed by atoms with van der Waals surface area (Å²) < 4.78 is 11.0. The van der Waals surface area contributed by atoms with Gasteiger partial charge in [-0.25, -0.2) is 0 Å². The minimum atomic E-state index is -0.00691. The van der Waals surface area contributed by atoms with Crippen molar-refractivity contribution < 1.29 is 9.47 Å². The summed E-state index contributed by atoms with van der Waals surface area (Å²) in [5.41, 5.74) is 1.64. The lowest BCUT2D eigenvalue weighted by Crippen LogP contribution is -2.48. The minimum absolute atomic E-state index is 0.00691. The first-order valence-corrected chi connectivity index (χ1v) is 9.47. The van der Waals surface area contributed by atoms with E-state index in [0.29, 0.717) is 12.6 Å². The lowest BCUT2D eigenvalue weighted by Gasteiger charge is -2.35. The number of fused-ring (bicyclic) bond motifs is 1. The number of ether oxygens (including phenoxy) is 2. The number of aromatic amines is 1. The Kier molecular flexibility index (Phi) is 5.24. The van der Waals surface area contributed by atoms with Crippen molar-refractivity contribution in [2.75, 3.05) is 46.4 Å². The average Bonchev–Trinajstić information content (AvgIpc) is 3.16. The number of hydrogen-bond donors (Lipinski definition) is 1. The number of piperazine rings is 1. The van der Waals surface area contributed by atoms with Gasteiger partial charge in [-0.2, -0.15) is 0 Å². The quantitative estimate of drug-likeness (QED) is 0.885. The Morgan fingerprint density at radius 1 is 1.19 bits per heavy atom. The van der Waals surface area contributed by atoms with Gasteiger partial charge < -0.3 is 14.5 Å². The Labute approximate surface area is 153 Å². The lowest BCUT2D eigenvalue weighted by atomic mass is 10.1. The van der Waals surface area contributed by atoms with Crippen LogP contribution in [-0.4, -0.2) is 67.3 Å². The summed E-state index contributed by atoms with van der Waals surface area (Å²) in [5, 5.41) is 1.04. The molecule has 4 rings (SSSR count). The number of H-pyrrole nitrogens is 1. The molecule has 2 aliphatic rings. The monoisotopic (exact) mass is 357 g/mol. The Balaban J connectivity index is 1.38. The maximum absolute atomic E-state index is 12.5. The normalized spacial score (nSPS) is 22.1. The smallest absolute Gasteiger partial charge is 0.252 e. The molecule has 1 aromatic carbocycles. The first kappa shape index (κ1) is 17.5. The largest absolute Gasteiger partial charge is 0.497 e. The molecule has 0 spiro atoms. The van der Waals surface area contributed by atoms with Crippen LogP contribution in [0.2, 0.25) is 0 Å². The van der Waals surface area contributed by atoms with E-state index in [1.54, 1.807) is 7.11 Å². The first-order valence-electron chi connectivity index (χ1n) is 9.47.